The van der Waals surface area contributed by atoms with E-state index in [2.05, 4.69) is 0 Å². The zero-order valence-electron chi connectivity index (χ0n) is 7.51. The lowest BCUT2D eigenvalue weighted by Crippen LogP contribution is -2.32. The summed E-state index contributed by atoms with van der Waals surface area (Å²) in [5.41, 5.74) is 0. The van der Waals surface area contributed by atoms with E-state index in [-0.39, 0.29) is 24.8 Å². The fourth-order valence-electron chi connectivity index (χ4n) is 1.72. The van der Waals surface area contributed by atoms with E-state index in [0.717, 1.165) is 12.8 Å². The first kappa shape index (κ1) is 16.0. The van der Waals surface area contributed by atoms with Crippen molar-refractivity contribution in [1.82, 2.24) is 0 Å². The van der Waals surface area contributed by atoms with Crippen molar-refractivity contribution < 1.29 is 19.8 Å². The number of rotatable bonds is 2. The van der Waals surface area contributed by atoms with E-state index < -0.39 is 23.8 Å². The molecule has 1 aliphatic rings. The van der Waals surface area contributed by atoms with Gasteiger partial charge < -0.3 is 10.2 Å². The van der Waals surface area contributed by atoms with Crippen molar-refractivity contribution in [3.8, 4) is 0 Å². The average Bonchev–Trinajstić information content (AvgIpc) is 2.04. The number of aliphatic carboxylic acids is 2. The number of carboxylic acids is 2. The van der Waals surface area contributed by atoms with Crippen LogP contribution in [-0.2, 0) is 9.59 Å². The van der Waals surface area contributed by atoms with Crippen LogP contribution >= 0.6 is 24.8 Å². The second kappa shape index (κ2) is 6.90. The number of hydrogen-bond donors (Lipinski definition) is 2. The molecule has 1 saturated carbocycles. The van der Waals surface area contributed by atoms with Gasteiger partial charge in [0.1, 0.15) is 0 Å². The Hall–Kier alpha value is -0.480. The molecule has 14 heavy (non-hydrogen) atoms. The number of hydrogen-bond acceptors (Lipinski definition) is 2. The van der Waals surface area contributed by atoms with Gasteiger partial charge >= 0.3 is 11.9 Å². The van der Waals surface area contributed by atoms with Crippen molar-refractivity contribution in [2.75, 3.05) is 0 Å². The normalized spacial score (nSPS) is 25.4. The smallest absolute Gasteiger partial charge is 0.307 e. The van der Waals surface area contributed by atoms with E-state index in [0.29, 0.717) is 12.8 Å². The van der Waals surface area contributed by atoms with Crippen molar-refractivity contribution >= 4 is 36.8 Å². The SMILES string of the molecule is Cl.Cl.O=C(O)C1CCCCC1C(=O)O. The van der Waals surface area contributed by atoms with Crippen molar-refractivity contribution in [3.63, 3.8) is 0 Å². The van der Waals surface area contributed by atoms with E-state index in [1.54, 1.807) is 0 Å². The van der Waals surface area contributed by atoms with E-state index >= 15 is 0 Å². The minimum atomic E-state index is -0.970. The predicted molar refractivity (Wildman–Crippen MR) is 55.2 cm³/mol. The summed E-state index contributed by atoms with van der Waals surface area (Å²) in [4.78, 5) is 21.2. The average molecular weight is 245 g/mol. The molecular formula is C8H14Cl2O4. The van der Waals surface area contributed by atoms with Crippen LogP contribution in [0.15, 0.2) is 0 Å². The van der Waals surface area contributed by atoms with Gasteiger partial charge in [0, 0.05) is 0 Å². The second-order valence-electron chi connectivity index (χ2n) is 3.17. The summed E-state index contributed by atoms with van der Waals surface area (Å²) in [6.07, 6.45) is 2.68. The Morgan fingerprint density at radius 3 is 1.36 bits per heavy atom. The first-order chi connectivity index (χ1) is 5.63. The van der Waals surface area contributed by atoms with E-state index in [1.165, 1.54) is 0 Å². The maximum Gasteiger partial charge on any atom is 0.307 e. The van der Waals surface area contributed by atoms with Gasteiger partial charge in [-0.15, -0.1) is 24.8 Å². The maximum absolute atomic E-state index is 10.6. The number of carbonyl (C=O) groups is 2. The minimum absolute atomic E-state index is 0. The number of carboxylic acid groups (broad SMARTS) is 2. The molecule has 0 spiro atoms. The molecule has 2 unspecified atom stereocenters. The lowest BCUT2D eigenvalue weighted by Gasteiger charge is -2.24. The van der Waals surface area contributed by atoms with Crippen molar-refractivity contribution in [2.24, 2.45) is 11.8 Å². The Morgan fingerprint density at radius 1 is 0.857 bits per heavy atom. The molecule has 0 aliphatic heterocycles. The van der Waals surface area contributed by atoms with Gasteiger partial charge in [-0.2, -0.15) is 0 Å². The van der Waals surface area contributed by atoms with Gasteiger partial charge in [0.25, 0.3) is 0 Å². The summed E-state index contributed by atoms with van der Waals surface area (Å²) in [5, 5.41) is 17.4. The Bertz CT molecular complexity index is 186. The first-order valence-electron chi connectivity index (χ1n) is 4.08. The van der Waals surface area contributed by atoms with Crippen molar-refractivity contribution in [3.05, 3.63) is 0 Å². The highest BCUT2D eigenvalue weighted by atomic mass is 35.5. The van der Waals surface area contributed by atoms with Crippen molar-refractivity contribution in [1.29, 1.82) is 0 Å². The number of halogens is 2. The van der Waals surface area contributed by atoms with Crippen molar-refractivity contribution in [2.45, 2.75) is 25.7 Å². The summed E-state index contributed by atoms with van der Waals surface area (Å²) in [5.74, 6) is -3.28. The first-order valence-corrected chi connectivity index (χ1v) is 4.08. The van der Waals surface area contributed by atoms with Gasteiger partial charge in [0.15, 0.2) is 0 Å². The van der Waals surface area contributed by atoms with Crippen LogP contribution in [0.5, 0.6) is 0 Å². The highest BCUT2D eigenvalue weighted by Gasteiger charge is 2.35. The molecule has 0 amide bonds. The molecule has 1 aliphatic carbocycles. The summed E-state index contributed by atoms with van der Waals surface area (Å²) in [7, 11) is 0. The highest BCUT2D eigenvalue weighted by Crippen LogP contribution is 2.30. The molecule has 1 rings (SSSR count). The molecule has 0 saturated heterocycles. The minimum Gasteiger partial charge on any atom is -0.481 e. The van der Waals surface area contributed by atoms with Crippen LogP contribution in [0.25, 0.3) is 0 Å². The molecule has 4 nitrogen and oxygen atoms in total. The molecule has 2 N–H and O–H groups in total. The highest BCUT2D eigenvalue weighted by molar-refractivity contribution is 5.85. The summed E-state index contributed by atoms with van der Waals surface area (Å²) in [6.45, 7) is 0. The molecular weight excluding hydrogens is 231 g/mol. The molecule has 0 bridgehead atoms. The lowest BCUT2D eigenvalue weighted by atomic mass is 9.79. The van der Waals surface area contributed by atoms with Crippen LogP contribution in [0.2, 0.25) is 0 Å². The van der Waals surface area contributed by atoms with E-state index in [4.69, 9.17) is 10.2 Å². The monoisotopic (exact) mass is 244 g/mol. The van der Waals surface area contributed by atoms with E-state index in [9.17, 15) is 9.59 Å². The van der Waals surface area contributed by atoms with Gasteiger partial charge in [-0.3, -0.25) is 9.59 Å². The Kier molecular flexibility index (Phi) is 7.87. The standard InChI is InChI=1S/C8H12O4.2ClH/c9-7(10)5-3-1-2-4-6(5)8(11)12;;/h5-6H,1-4H2,(H,9,10)(H,11,12);2*1H. The molecule has 0 heterocycles. The van der Waals surface area contributed by atoms with Gasteiger partial charge in [0.05, 0.1) is 11.8 Å². The molecule has 84 valence electrons. The lowest BCUT2D eigenvalue weighted by molar-refractivity contribution is -0.155. The Balaban J connectivity index is 0. The van der Waals surface area contributed by atoms with Crippen LogP contribution in [0.4, 0.5) is 0 Å². The largest absolute Gasteiger partial charge is 0.481 e. The third-order valence-corrected chi connectivity index (χ3v) is 2.40. The molecule has 2 atom stereocenters. The molecule has 0 aromatic carbocycles. The van der Waals surface area contributed by atoms with Crippen LogP contribution in [0, 0.1) is 11.8 Å². The zero-order chi connectivity index (χ0) is 9.14. The molecule has 1 fully saturated rings. The Morgan fingerprint density at radius 2 is 1.14 bits per heavy atom. The third kappa shape index (κ3) is 3.72. The van der Waals surface area contributed by atoms with Gasteiger partial charge in [-0.1, -0.05) is 12.8 Å². The summed E-state index contributed by atoms with van der Waals surface area (Å²) >= 11 is 0. The maximum atomic E-state index is 10.6. The second-order valence-corrected chi connectivity index (χ2v) is 3.17. The van der Waals surface area contributed by atoms with Crippen LogP contribution in [-0.4, -0.2) is 22.2 Å². The summed E-state index contributed by atoms with van der Waals surface area (Å²) in [6, 6.07) is 0. The molecule has 0 radical (unpaired) electrons. The van der Waals surface area contributed by atoms with Gasteiger partial charge in [0.2, 0.25) is 0 Å². The fourth-order valence-corrected chi connectivity index (χ4v) is 1.72. The third-order valence-electron chi connectivity index (χ3n) is 2.40. The van der Waals surface area contributed by atoms with Crippen LogP contribution in [0.1, 0.15) is 25.7 Å². The van der Waals surface area contributed by atoms with Gasteiger partial charge in [-0.05, 0) is 12.8 Å². The topological polar surface area (TPSA) is 74.6 Å². The fraction of sp³-hybridized carbons (Fsp3) is 0.750. The quantitative estimate of drug-likeness (QED) is 0.777. The molecule has 0 aromatic heterocycles. The predicted octanol–water partition coefficient (Wildman–Crippen LogP) is 1.81. The molecule has 0 aromatic rings. The van der Waals surface area contributed by atoms with Gasteiger partial charge in [-0.25, -0.2) is 0 Å². The van der Waals surface area contributed by atoms with Crippen LogP contribution < -0.4 is 0 Å². The summed E-state index contributed by atoms with van der Waals surface area (Å²) < 4.78 is 0. The Labute approximate surface area is 94.5 Å². The molecule has 6 heteroatoms. The van der Waals surface area contributed by atoms with E-state index in [1.807, 2.05) is 0 Å². The zero-order valence-corrected chi connectivity index (χ0v) is 9.14. The van der Waals surface area contributed by atoms with Crippen LogP contribution in [0.3, 0.4) is 0 Å².